The van der Waals surface area contributed by atoms with Gasteiger partial charge in [-0.05, 0) is 30.5 Å². The second-order valence-corrected chi connectivity index (χ2v) is 5.98. The van der Waals surface area contributed by atoms with Gasteiger partial charge in [0, 0.05) is 16.6 Å². The number of hydrogen-bond acceptors (Lipinski definition) is 2. The number of carbonyl (C=O) groups is 2. The van der Waals surface area contributed by atoms with Crippen LogP contribution in [0.3, 0.4) is 0 Å². The minimum absolute atomic E-state index is 0.0335. The molecule has 0 spiro atoms. The number of carbonyl (C=O) groups excluding carboxylic acids is 2. The third-order valence-corrected chi connectivity index (χ3v) is 4.74. The summed E-state index contributed by atoms with van der Waals surface area (Å²) in [5.41, 5.74) is -0.0198. The zero-order chi connectivity index (χ0) is 15.6. The van der Waals surface area contributed by atoms with Crippen molar-refractivity contribution in [3.63, 3.8) is 0 Å². The molecule has 0 saturated carbocycles. The van der Waals surface area contributed by atoms with Crippen LogP contribution in [0.4, 0.5) is 0 Å². The Bertz CT molecular complexity index is 571. The van der Waals surface area contributed by atoms with Gasteiger partial charge in [-0.2, -0.15) is 0 Å². The lowest BCUT2D eigenvalue weighted by Crippen LogP contribution is -2.66. The molecule has 1 aromatic carbocycles. The molecule has 2 rings (SSSR count). The molecule has 1 N–H and O–H groups in total. The first-order chi connectivity index (χ1) is 9.94. The van der Waals surface area contributed by atoms with E-state index in [9.17, 15) is 9.59 Å². The number of hydrogen-bond donors (Lipinski definition) is 1. The van der Waals surface area contributed by atoms with Crippen LogP contribution in [0, 0.1) is 0 Å². The van der Waals surface area contributed by atoms with Gasteiger partial charge in [0.05, 0.1) is 6.54 Å². The van der Waals surface area contributed by atoms with Gasteiger partial charge >= 0.3 is 0 Å². The fourth-order valence-corrected chi connectivity index (χ4v) is 3.26. The summed E-state index contributed by atoms with van der Waals surface area (Å²) >= 11 is 12.1. The Morgan fingerprint density at radius 2 is 1.90 bits per heavy atom. The minimum atomic E-state index is -0.807. The Morgan fingerprint density at radius 3 is 2.48 bits per heavy atom. The standard InChI is InChI=1S/C15H18Cl2N2O2/c1-3-15(4-2)14(21)18-8-13(20)19(15)9-10-5-6-11(16)7-12(10)17/h5-7H,3-4,8-9H2,1-2H3,(H,18,21). The van der Waals surface area contributed by atoms with E-state index in [-0.39, 0.29) is 18.4 Å². The fourth-order valence-electron chi connectivity index (χ4n) is 2.79. The van der Waals surface area contributed by atoms with Crippen molar-refractivity contribution >= 4 is 35.0 Å². The van der Waals surface area contributed by atoms with E-state index in [1.54, 1.807) is 23.1 Å². The van der Waals surface area contributed by atoms with Crippen LogP contribution in [-0.4, -0.2) is 28.8 Å². The van der Waals surface area contributed by atoms with Gasteiger partial charge in [0.1, 0.15) is 5.54 Å². The van der Waals surface area contributed by atoms with Crippen LogP contribution in [0.2, 0.25) is 10.0 Å². The maximum atomic E-state index is 12.3. The van der Waals surface area contributed by atoms with E-state index in [0.717, 1.165) is 5.56 Å². The number of nitrogens with zero attached hydrogens (tertiary/aromatic N) is 1. The highest BCUT2D eigenvalue weighted by molar-refractivity contribution is 6.35. The van der Waals surface area contributed by atoms with E-state index in [1.807, 2.05) is 13.8 Å². The summed E-state index contributed by atoms with van der Waals surface area (Å²) in [6, 6.07) is 5.17. The molecule has 0 bridgehead atoms. The van der Waals surface area contributed by atoms with E-state index in [1.165, 1.54) is 0 Å². The monoisotopic (exact) mass is 328 g/mol. The van der Waals surface area contributed by atoms with E-state index >= 15 is 0 Å². The summed E-state index contributed by atoms with van der Waals surface area (Å²) in [6.07, 6.45) is 1.12. The van der Waals surface area contributed by atoms with Gasteiger partial charge in [0.15, 0.2) is 0 Å². The molecule has 1 fully saturated rings. The van der Waals surface area contributed by atoms with Crippen molar-refractivity contribution in [3.8, 4) is 0 Å². The van der Waals surface area contributed by atoms with E-state index < -0.39 is 5.54 Å². The average Bonchev–Trinajstić information content (AvgIpc) is 2.46. The summed E-state index contributed by atoms with van der Waals surface area (Å²) in [5, 5.41) is 3.73. The largest absolute Gasteiger partial charge is 0.345 e. The first-order valence-electron chi connectivity index (χ1n) is 6.97. The van der Waals surface area contributed by atoms with Gasteiger partial charge in [-0.25, -0.2) is 0 Å². The summed E-state index contributed by atoms with van der Waals surface area (Å²) in [4.78, 5) is 26.2. The number of amides is 2. The number of benzene rings is 1. The first kappa shape index (κ1) is 16.1. The van der Waals surface area contributed by atoms with Gasteiger partial charge in [-0.3, -0.25) is 9.59 Å². The predicted octanol–water partition coefficient (Wildman–Crippen LogP) is 3.01. The second kappa shape index (κ2) is 6.24. The molecule has 1 aliphatic heterocycles. The quantitative estimate of drug-likeness (QED) is 0.923. The summed E-state index contributed by atoms with van der Waals surface area (Å²) in [7, 11) is 0. The number of nitrogens with one attached hydrogen (secondary N) is 1. The van der Waals surface area contributed by atoms with Gasteiger partial charge in [-0.1, -0.05) is 43.1 Å². The van der Waals surface area contributed by atoms with Crippen LogP contribution in [0.5, 0.6) is 0 Å². The lowest BCUT2D eigenvalue weighted by atomic mass is 9.87. The third kappa shape index (κ3) is 2.87. The highest BCUT2D eigenvalue weighted by Gasteiger charge is 2.46. The van der Waals surface area contributed by atoms with E-state index in [2.05, 4.69) is 5.32 Å². The maximum Gasteiger partial charge on any atom is 0.246 e. The van der Waals surface area contributed by atoms with Crippen molar-refractivity contribution < 1.29 is 9.59 Å². The Hall–Kier alpha value is -1.26. The van der Waals surface area contributed by atoms with Crippen LogP contribution >= 0.6 is 23.2 Å². The van der Waals surface area contributed by atoms with Crippen LogP contribution in [-0.2, 0) is 16.1 Å². The molecule has 0 unspecified atom stereocenters. The molecular weight excluding hydrogens is 311 g/mol. The zero-order valence-corrected chi connectivity index (χ0v) is 13.6. The number of halogens is 2. The Balaban J connectivity index is 2.37. The Labute approximate surface area is 134 Å². The van der Waals surface area contributed by atoms with Crippen molar-refractivity contribution in [2.45, 2.75) is 38.8 Å². The van der Waals surface area contributed by atoms with Crippen LogP contribution < -0.4 is 5.32 Å². The maximum absolute atomic E-state index is 12.3. The number of rotatable bonds is 4. The van der Waals surface area contributed by atoms with Crippen molar-refractivity contribution in [2.75, 3.05) is 6.54 Å². The SMILES string of the molecule is CCC1(CC)C(=O)NCC(=O)N1Cc1ccc(Cl)cc1Cl. The van der Waals surface area contributed by atoms with Crippen LogP contribution in [0.1, 0.15) is 32.3 Å². The lowest BCUT2D eigenvalue weighted by molar-refractivity contribution is -0.155. The smallest absolute Gasteiger partial charge is 0.246 e. The molecule has 21 heavy (non-hydrogen) atoms. The lowest BCUT2D eigenvalue weighted by Gasteiger charge is -2.45. The van der Waals surface area contributed by atoms with Gasteiger partial charge < -0.3 is 10.2 Å². The fraction of sp³-hybridized carbons (Fsp3) is 0.467. The first-order valence-corrected chi connectivity index (χ1v) is 7.73. The Kier molecular flexibility index (Phi) is 4.79. The third-order valence-electron chi connectivity index (χ3n) is 4.15. The van der Waals surface area contributed by atoms with Gasteiger partial charge in [0.2, 0.25) is 11.8 Å². The molecule has 0 aromatic heterocycles. The molecular formula is C15H18Cl2N2O2. The molecule has 0 radical (unpaired) electrons. The minimum Gasteiger partial charge on any atom is -0.345 e. The average molecular weight is 329 g/mol. The second-order valence-electron chi connectivity index (χ2n) is 5.14. The van der Waals surface area contributed by atoms with Gasteiger partial charge in [0.25, 0.3) is 0 Å². The van der Waals surface area contributed by atoms with Crippen molar-refractivity contribution in [2.24, 2.45) is 0 Å². The number of piperazine rings is 1. The van der Waals surface area contributed by atoms with Crippen LogP contribution in [0.25, 0.3) is 0 Å². The predicted molar refractivity (Wildman–Crippen MR) is 83.3 cm³/mol. The molecule has 114 valence electrons. The van der Waals surface area contributed by atoms with Gasteiger partial charge in [-0.15, -0.1) is 0 Å². The van der Waals surface area contributed by atoms with Crippen molar-refractivity contribution in [1.29, 1.82) is 0 Å². The van der Waals surface area contributed by atoms with Crippen molar-refractivity contribution in [3.05, 3.63) is 33.8 Å². The summed E-state index contributed by atoms with van der Waals surface area (Å²) < 4.78 is 0. The van der Waals surface area contributed by atoms with Crippen LogP contribution in [0.15, 0.2) is 18.2 Å². The zero-order valence-electron chi connectivity index (χ0n) is 12.1. The molecule has 1 aliphatic rings. The van der Waals surface area contributed by atoms with E-state index in [0.29, 0.717) is 29.4 Å². The molecule has 1 heterocycles. The topological polar surface area (TPSA) is 49.4 Å². The summed E-state index contributed by atoms with van der Waals surface area (Å²) in [6.45, 7) is 4.17. The molecule has 0 atom stereocenters. The summed E-state index contributed by atoms with van der Waals surface area (Å²) in [5.74, 6) is -0.193. The molecule has 1 aromatic rings. The van der Waals surface area contributed by atoms with E-state index in [4.69, 9.17) is 23.2 Å². The van der Waals surface area contributed by atoms with Crippen molar-refractivity contribution in [1.82, 2.24) is 10.2 Å². The molecule has 1 saturated heterocycles. The molecule has 0 aliphatic carbocycles. The molecule has 4 nitrogen and oxygen atoms in total. The Morgan fingerprint density at radius 1 is 1.24 bits per heavy atom. The molecule has 6 heteroatoms. The molecule has 2 amide bonds. The highest BCUT2D eigenvalue weighted by atomic mass is 35.5. The normalized spacial score (nSPS) is 17.8. The highest BCUT2D eigenvalue weighted by Crippen LogP contribution is 2.31.